The van der Waals surface area contributed by atoms with E-state index in [1.54, 1.807) is 19.1 Å². The Hall–Kier alpha value is -1.47. The van der Waals surface area contributed by atoms with Crippen molar-refractivity contribution in [3.63, 3.8) is 0 Å². The number of aryl methyl sites for hydroxylation is 1. The first-order valence-electron chi connectivity index (χ1n) is 3.54. The molecule has 3 nitrogen and oxygen atoms in total. The van der Waals surface area contributed by atoms with Gasteiger partial charge in [-0.05, 0) is 18.6 Å². The molecule has 0 aliphatic heterocycles. The number of carboxylic acid groups (broad SMARTS) is 1. The van der Waals surface area contributed by atoms with Crippen molar-refractivity contribution in [2.24, 2.45) is 0 Å². The van der Waals surface area contributed by atoms with E-state index in [0.29, 0.717) is 5.56 Å². The third kappa shape index (κ3) is 1.65. The Morgan fingerprint density at radius 1 is 1.62 bits per heavy atom. The molecule has 0 unspecified atom stereocenters. The van der Waals surface area contributed by atoms with Gasteiger partial charge in [0.1, 0.15) is 6.07 Å². The zero-order chi connectivity index (χ0) is 10.0. The number of nitrogens with zero attached hydrogens (tertiary/aromatic N) is 1. The molecule has 13 heavy (non-hydrogen) atoms. The fraction of sp³-hybridized carbons (Fsp3) is 0.111. The highest BCUT2D eigenvalue weighted by atomic mass is 32.1. The van der Waals surface area contributed by atoms with Crippen molar-refractivity contribution in [2.45, 2.75) is 11.8 Å². The van der Waals surface area contributed by atoms with Crippen molar-refractivity contribution in [3.05, 3.63) is 28.8 Å². The Bertz CT molecular complexity index is 407. The first-order chi connectivity index (χ1) is 6.07. The van der Waals surface area contributed by atoms with Crippen LogP contribution < -0.4 is 0 Å². The third-order valence-corrected chi connectivity index (χ3v) is 2.19. The fourth-order valence-corrected chi connectivity index (χ4v) is 1.45. The largest absolute Gasteiger partial charge is 0.478 e. The Kier molecular flexibility index (Phi) is 2.59. The summed E-state index contributed by atoms with van der Waals surface area (Å²) in [6.45, 7) is 1.67. The molecule has 0 radical (unpaired) electrons. The second kappa shape index (κ2) is 3.50. The maximum atomic E-state index is 10.8. The van der Waals surface area contributed by atoms with Crippen molar-refractivity contribution in [3.8, 4) is 6.07 Å². The van der Waals surface area contributed by atoms with Gasteiger partial charge in [-0.3, -0.25) is 0 Å². The Labute approximate surface area is 81.0 Å². The normalized spacial score (nSPS) is 9.31. The monoisotopic (exact) mass is 193 g/mol. The van der Waals surface area contributed by atoms with Gasteiger partial charge in [0, 0.05) is 4.90 Å². The van der Waals surface area contributed by atoms with Crippen LogP contribution in [0.3, 0.4) is 0 Å². The first-order valence-corrected chi connectivity index (χ1v) is 3.98. The van der Waals surface area contributed by atoms with E-state index in [-0.39, 0.29) is 16.0 Å². The predicted octanol–water partition coefficient (Wildman–Crippen LogP) is 1.85. The Balaban J connectivity index is 3.50. The highest BCUT2D eigenvalue weighted by Crippen LogP contribution is 2.21. The summed E-state index contributed by atoms with van der Waals surface area (Å²) in [7, 11) is 0. The molecule has 4 heteroatoms. The average Bonchev–Trinajstić information content (AvgIpc) is 2.04. The summed E-state index contributed by atoms with van der Waals surface area (Å²) in [6.07, 6.45) is 0. The molecule has 0 aliphatic rings. The maximum Gasteiger partial charge on any atom is 0.337 e. The van der Waals surface area contributed by atoms with E-state index in [9.17, 15) is 4.79 Å². The van der Waals surface area contributed by atoms with E-state index in [1.165, 1.54) is 0 Å². The molecule has 0 amide bonds. The maximum absolute atomic E-state index is 10.8. The number of thiol groups is 1. The standard InChI is InChI=1S/C9H7NO2S/c1-5-2-3-6(4-10)8(13)7(5)9(11)12/h2-3,13H,1H3,(H,11,12). The molecule has 0 saturated carbocycles. The lowest BCUT2D eigenvalue weighted by Crippen LogP contribution is -2.02. The smallest absolute Gasteiger partial charge is 0.337 e. The SMILES string of the molecule is Cc1ccc(C#N)c(S)c1C(=O)O. The van der Waals surface area contributed by atoms with Crippen LogP contribution in [0.25, 0.3) is 0 Å². The van der Waals surface area contributed by atoms with Gasteiger partial charge in [-0.25, -0.2) is 4.79 Å². The molecular weight excluding hydrogens is 186 g/mol. The minimum atomic E-state index is -1.06. The van der Waals surface area contributed by atoms with Gasteiger partial charge in [0.2, 0.25) is 0 Å². The quantitative estimate of drug-likeness (QED) is 0.669. The topological polar surface area (TPSA) is 61.1 Å². The average molecular weight is 193 g/mol. The van der Waals surface area contributed by atoms with Crippen molar-refractivity contribution in [1.82, 2.24) is 0 Å². The van der Waals surface area contributed by atoms with Crippen molar-refractivity contribution >= 4 is 18.6 Å². The van der Waals surface area contributed by atoms with E-state index < -0.39 is 5.97 Å². The van der Waals surface area contributed by atoms with Gasteiger partial charge in [-0.2, -0.15) is 5.26 Å². The van der Waals surface area contributed by atoms with E-state index in [2.05, 4.69) is 12.6 Å². The lowest BCUT2D eigenvalue weighted by atomic mass is 10.1. The van der Waals surface area contributed by atoms with Crippen LogP contribution in [0.1, 0.15) is 21.5 Å². The minimum absolute atomic E-state index is 0.0994. The summed E-state index contributed by atoms with van der Waals surface area (Å²) in [6, 6.07) is 5.04. The minimum Gasteiger partial charge on any atom is -0.478 e. The van der Waals surface area contributed by atoms with Gasteiger partial charge >= 0.3 is 5.97 Å². The van der Waals surface area contributed by atoms with Gasteiger partial charge in [-0.1, -0.05) is 6.07 Å². The number of hydrogen-bond donors (Lipinski definition) is 2. The highest BCUT2D eigenvalue weighted by Gasteiger charge is 2.13. The summed E-state index contributed by atoms with van der Waals surface area (Å²) >= 11 is 4.00. The number of benzene rings is 1. The molecule has 0 saturated heterocycles. The molecular formula is C9H7NO2S. The summed E-state index contributed by atoms with van der Waals surface area (Å²) < 4.78 is 0. The summed E-state index contributed by atoms with van der Waals surface area (Å²) in [5.41, 5.74) is 0.991. The van der Waals surface area contributed by atoms with E-state index in [1.807, 2.05) is 6.07 Å². The Morgan fingerprint density at radius 2 is 2.23 bits per heavy atom. The summed E-state index contributed by atoms with van der Waals surface area (Å²) in [5.74, 6) is -1.06. The first kappa shape index (κ1) is 9.62. The molecule has 0 atom stereocenters. The van der Waals surface area contributed by atoms with Crippen LogP contribution in [-0.4, -0.2) is 11.1 Å². The number of nitriles is 1. The molecule has 66 valence electrons. The van der Waals surface area contributed by atoms with Crippen LogP contribution in [-0.2, 0) is 0 Å². The van der Waals surface area contributed by atoms with Crippen molar-refractivity contribution in [1.29, 1.82) is 5.26 Å². The van der Waals surface area contributed by atoms with Crippen LogP contribution in [0, 0.1) is 18.3 Å². The van der Waals surface area contributed by atoms with Crippen LogP contribution in [0.2, 0.25) is 0 Å². The summed E-state index contributed by atoms with van der Waals surface area (Å²) in [4.78, 5) is 11.0. The van der Waals surface area contributed by atoms with Crippen molar-refractivity contribution < 1.29 is 9.90 Å². The molecule has 0 aromatic heterocycles. The lowest BCUT2D eigenvalue weighted by molar-refractivity contribution is 0.0692. The van der Waals surface area contributed by atoms with E-state index >= 15 is 0 Å². The molecule has 0 heterocycles. The second-order valence-corrected chi connectivity index (χ2v) is 3.02. The Morgan fingerprint density at radius 3 is 2.69 bits per heavy atom. The molecule has 0 aliphatic carbocycles. The van der Waals surface area contributed by atoms with Crippen LogP contribution >= 0.6 is 12.6 Å². The number of rotatable bonds is 1. The van der Waals surface area contributed by atoms with E-state index in [0.717, 1.165) is 0 Å². The number of carbonyl (C=O) groups is 1. The zero-order valence-corrected chi connectivity index (χ0v) is 7.80. The van der Waals surface area contributed by atoms with Crippen LogP contribution in [0.15, 0.2) is 17.0 Å². The predicted molar refractivity (Wildman–Crippen MR) is 50.1 cm³/mol. The van der Waals surface area contributed by atoms with E-state index in [4.69, 9.17) is 10.4 Å². The van der Waals surface area contributed by atoms with Gasteiger partial charge in [0.25, 0.3) is 0 Å². The number of aromatic carboxylic acids is 1. The van der Waals surface area contributed by atoms with Gasteiger partial charge in [-0.15, -0.1) is 12.6 Å². The molecule has 1 N–H and O–H groups in total. The molecule has 1 aromatic rings. The van der Waals surface area contributed by atoms with Gasteiger partial charge < -0.3 is 5.11 Å². The second-order valence-electron chi connectivity index (χ2n) is 2.57. The lowest BCUT2D eigenvalue weighted by Gasteiger charge is -2.04. The molecule has 1 aromatic carbocycles. The van der Waals surface area contributed by atoms with Crippen molar-refractivity contribution in [2.75, 3.05) is 0 Å². The zero-order valence-electron chi connectivity index (χ0n) is 6.90. The number of hydrogen-bond acceptors (Lipinski definition) is 3. The highest BCUT2D eigenvalue weighted by molar-refractivity contribution is 7.80. The molecule has 1 rings (SSSR count). The van der Waals surface area contributed by atoms with Gasteiger partial charge in [0.15, 0.2) is 0 Å². The third-order valence-electron chi connectivity index (χ3n) is 1.72. The number of carboxylic acids is 1. The molecule has 0 spiro atoms. The fourth-order valence-electron chi connectivity index (χ4n) is 1.05. The van der Waals surface area contributed by atoms with Gasteiger partial charge in [0.05, 0.1) is 11.1 Å². The molecule has 0 fully saturated rings. The summed E-state index contributed by atoms with van der Waals surface area (Å²) in [5, 5.41) is 17.4. The van der Waals surface area contributed by atoms with Crippen LogP contribution in [0.5, 0.6) is 0 Å². The molecule has 0 bridgehead atoms. The van der Waals surface area contributed by atoms with Crippen LogP contribution in [0.4, 0.5) is 0 Å².